The molecular formula is C16H25N3O3. The highest BCUT2D eigenvalue weighted by Crippen LogP contribution is 2.15. The van der Waals surface area contributed by atoms with Crippen LogP contribution in [-0.2, 0) is 4.74 Å². The summed E-state index contributed by atoms with van der Waals surface area (Å²) in [6.07, 6.45) is -0.517. The van der Waals surface area contributed by atoms with Crippen LogP contribution in [0.15, 0.2) is 24.3 Å². The van der Waals surface area contributed by atoms with Crippen LogP contribution in [0.3, 0.4) is 0 Å². The fourth-order valence-electron chi connectivity index (χ4n) is 1.84. The third-order valence-electron chi connectivity index (χ3n) is 2.89. The molecule has 3 N–H and O–H groups in total. The van der Waals surface area contributed by atoms with Gasteiger partial charge in [-0.25, -0.2) is 4.79 Å². The molecule has 2 amide bonds. The van der Waals surface area contributed by atoms with E-state index in [0.29, 0.717) is 5.56 Å². The third kappa shape index (κ3) is 5.37. The summed E-state index contributed by atoms with van der Waals surface area (Å²) in [6.45, 7) is 5.63. The van der Waals surface area contributed by atoms with Gasteiger partial charge in [0.25, 0.3) is 5.91 Å². The van der Waals surface area contributed by atoms with Crippen molar-refractivity contribution in [2.45, 2.75) is 32.4 Å². The Morgan fingerprint density at radius 3 is 2.18 bits per heavy atom. The Kier molecular flexibility index (Phi) is 5.93. The van der Waals surface area contributed by atoms with Crippen molar-refractivity contribution < 1.29 is 14.3 Å². The molecule has 0 aliphatic rings. The van der Waals surface area contributed by atoms with E-state index in [1.807, 2.05) is 0 Å². The predicted molar refractivity (Wildman–Crippen MR) is 85.6 cm³/mol. The zero-order valence-corrected chi connectivity index (χ0v) is 13.8. The number of nitrogens with zero attached hydrogens (tertiary/aromatic N) is 1. The number of carbonyl (C=O) groups is 2. The standard InChI is InChI=1S/C16H25N3O3/c1-16(2,3)22-15(21)18-13(10-17)11-6-8-12(9-7-11)14(20)19(4)5/h6-9,13H,10,17H2,1-5H3,(H,18,21). The van der Waals surface area contributed by atoms with E-state index in [1.54, 1.807) is 59.1 Å². The normalized spacial score (nSPS) is 12.5. The minimum absolute atomic E-state index is 0.0732. The zero-order chi connectivity index (χ0) is 16.9. The van der Waals surface area contributed by atoms with Crippen molar-refractivity contribution in [2.75, 3.05) is 20.6 Å². The Bertz CT molecular complexity index is 518. The van der Waals surface area contributed by atoms with Gasteiger partial charge in [0, 0.05) is 26.2 Å². The Morgan fingerprint density at radius 2 is 1.77 bits per heavy atom. The molecule has 0 spiro atoms. The van der Waals surface area contributed by atoms with E-state index in [2.05, 4.69) is 5.32 Å². The second kappa shape index (κ2) is 7.26. The van der Waals surface area contributed by atoms with E-state index in [1.165, 1.54) is 4.90 Å². The first-order valence-corrected chi connectivity index (χ1v) is 7.15. The molecule has 0 bridgehead atoms. The number of hydrogen-bond acceptors (Lipinski definition) is 4. The number of rotatable bonds is 4. The minimum Gasteiger partial charge on any atom is -0.444 e. The van der Waals surface area contributed by atoms with E-state index < -0.39 is 11.7 Å². The van der Waals surface area contributed by atoms with Gasteiger partial charge >= 0.3 is 6.09 Å². The second-order valence-electron chi connectivity index (χ2n) is 6.26. The van der Waals surface area contributed by atoms with Crippen molar-refractivity contribution in [1.29, 1.82) is 0 Å². The lowest BCUT2D eigenvalue weighted by molar-refractivity contribution is 0.0505. The van der Waals surface area contributed by atoms with Crippen LogP contribution in [0.5, 0.6) is 0 Å². The first-order chi connectivity index (χ1) is 10.1. The van der Waals surface area contributed by atoms with Crippen molar-refractivity contribution in [2.24, 2.45) is 5.73 Å². The van der Waals surface area contributed by atoms with E-state index in [4.69, 9.17) is 10.5 Å². The van der Waals surface area contributed by atoms with Gasteiger partial charge in [0.2, 0.25) is 0 Å². The van der Waals surface area contributed by atoms with Crippen LogP contribution in [0.25, 0.3) is 0 Å². The van der Waals surface area contributed by atoms with Crippen molar-refractivity contribution >= 4 is 12.0 Å². The van der Waals surface area contributed by atoms with Crippen LogP contribution >= 0.6 is 0 Å². The maximum Gasteiger partial charge on any atom is 0.408 e. The van der Waals surface area contributed by atoms with Gasteiger partial charge in [0.05, 0.1) is 6.04 Å². The minimum atomic E-state index is -0.564. The fraction of sp³-hybridized carbons (Fsp3) is 0.500. The molecule has 1 atom stereocenters. The van der Waals surface area contributed by atoms with Crippen LogP contribution in [0.4, 0.5) is 4.79 Å². The first-order valence-electron chi connectivity index (χ1n) is 7.15. The fourth-order valence-corrected chi connectivity index (χ4v) is 1.84. The van der Waals surface area contributed by atoms with E-state index in [9.17, 15) is 9.59 Å². The van der Waals surface area contributed by atoms with Gasteiger partial charge in [-0.1, -0.05) is 12.1 Å². The van der Waals surface area contributed by atoms with Gasteiger partial charge in [-0.15, -0.1) is 0 Å². The lowest BCUT2D eigenvalue weighted by atomic mass is 10.0. The molecule has 122 valence electrons. The molecule has 22 heavy (non-hydrogen) atoms. The molecule has 6 heteroatoms. The molecule has 0 aliphatic carbocycles. The lowest BCUT2D eigenvalue weighted by Crippen LogP contribution is -2.37. The Labute approximate surface area is 131 Å². The summed E-state index contributed by atoms with van der Waals surface area (Å²) in [6, 6.07) is 6.64. The monoisotopic (exact) mass is 307 g/mol. The number of alkyl carbamates (subject to hydrolysis) is 1. The molecule has 0 saturated heterocycles. The summed E-state index contributed by atoms with van der Waals surface area (Å²) in [7, 11) is 3.39. The molecule has 0 aliphatic heterocycles. The number of ether oxygens (including phenoxy) is 1. The summed E-state index contributed by atoms with van der Waals surface area (Å²) in [5.74, 6) is -0.0732. The summed E-state index contributed by atoms with van der Waals surface area (Å²) in [5.41, 5.74) is 6.56. The number of hydrogen-bond donors (Lipinski definition) is 2. The molecule has 1 aromatic carbocycles. The molecule has 6 nitrogen and oxygen atoms in total. The third-order valence-corrected chi connectivity index (χ3v) is 2.89. The molecule has 1 unspecified atom stereocenters. The number of benzene rings is 1. The largest absolute Gasteiger partial charge is 0.444 e. The zero-order valence-electron chi connectivity index (χ0n) is 13.8. The number of carbonyl (C=O) groups excluding carboxylic acids is 2. The van der Waals surface area contributed by atoms with Gasteiger partial charge in [-0.3, -0.25) is 4.79 Å². The molecule has 1 rings (SSSR count). The quantitative estimate of drug-likeness (QED) is 0.890. The lowest BCUT2D eigenvalue weighted by Gasteiger charge is -2.23. The molecule has 0 saturated carbocycles. The molecule has 0 radical (unpaired) electrons. The van der Waals surface area contributed by atoms with Crippen LogP contribution in [0.2, 0.25) is 0 Å². The Morgan fingerprint density at radius 1 is 1.23 bits per heavy atom. The molecule has 0 heterocycles. The van der Waals surface area contributed by atoms with Crippen molar-refractivity contribution in [3.8, 4) is 0 Å². The highest BCUT2D eigenvalue weighted by Gasteiger charge is 2.20. The average molecular weight is 307 g/mol. The van der Waals surface area contributed by atoms with Gasteiger partial charge in [0.1, 0.15) is 5.60 Å². The maximum atomic E-state index is 11.8. The van der Waals surface area contributed by atoms with E-state index in [0.717, 1.165) is 5.56 Å². The summed E-state index contributed by atoms with van der Waals surface area (Å²) in [5, 5.41) is 2.73. The summed E-state index contributed by atoms with van der Waals surface area (Å²) < 4.78 is 5.22. The van der Waals surface area contributed by atoms with Crippen LogP contribution in [0, 0.1) is 0 Å². The van der Waals surface area contributed by atoms with Crippen molar-refractivity contribution in [1.82, 2.24) is 10.2 Å². The van der Waals surface area contributed by atoms with Crippen molar-refractivity contribution in [3.63, 3.8) is 0 Å². The van der Waals surface area contributed by atoms with Crippen LogP contribution in [-0.4, -0.2) is 43.1 Å². The van der Waals surface area contributed by atoms with Gasteiger partial charge < -0.3 is 20.7 Å². The maximum absolute atomic E-state index is 11.8. The molecule has 0 fully saturated rings. The van der Waals surface area contributed by atoms with E-state index in [-0.39, 0.29) is 18.5 Å². The van der Waals surface area contributed by atoms with Gasteiger partial charge in [0.15, 0.2) is 0 Å². The highest BCUT2D eigenvalue weighted by atomic mass is 16.6. The molecular weight excluding hydrogens is 282 g/mol. The second-order valence-corrected chi connectivity index (χ2v) is 6.26. The first kappa shape index (κ1) is 18.0. The summed E-state index contributed by atoms with van der Waals surface area (Å²) in [4.78, 5) is 25.2. The Hall–Kier alpha value is -2.08. The predicted octanol–water partition coefficient (Wildman–Crippen LogP) is 1.91. The highest BCUT2D eigenvalue weighted by molar-refractivity contribution is 5.93. The molecule has 1 aromatic rings. The average Bonchev–Trinajstić information content (AvgIpc) is 2.42. The van der Waals surface area contributed by atoms with Gasteiger partial charge in [-0.2, -0.15) is 0 Å². The Balaban J connectivity index is 2.79. The smallest absolute Gasteiger partial charge is 0.408 e. The SMILES string of the molecule is CN(C)C(=O)c1ccc(C(CN)NC(=O)OC(C)(C)C)cc1. The topological polar surface area (TPSA) is 84.7 Å². The molecule has 0 aromatic heterocycles. The number of amides is 2. The van der Waals surface area contributed by atoms with Gasteiger partial charge in [-0.05, 0) is 38.5 Å². The van der Waals surface area contributed by atoms with Crippen LogP contribution < -0.4 is 11.1 Å². The summed E-state index contributed by atoms with van der Waals surface area (Å²) >= 11 is 0. The van der Waals surface area contributed by atoms with E-state index >= 15 is 0 Å². The number of nitrogens with one attached hydrogen (secondary N) is 1. The van der Waals surface area contributed by atoms with Crippen LogP contribution in [0.1, 0.15) is 42.7 Å². The van der Waals surface area contributed by atoms with Crippen molar-refractivity contribution in [3.05, 3.63) is 35.4 Å². The number of nitrogens with two attached hydrogens (primary N) is 1.